The zero-order valence-corrected chi connectivity index (χ0v) is 18.2. The van der Waals surface area contributed by atoms with Crippen molar-refractivity contribution in [2.45, 2.75) is 45.4 Å². The molecule has 0 saturated carbocycles. The smallest absolute Gasteiger partial charge is 0.340 e. The van der Waals surface area contributed by atoms with Crippen molar-refractivity contribution in [1.29, 1.82) is 0 Å². The maximum absolute atomic E-state index is 12.2. The van der Waals surface area contributed by atoms with Crippen LogP contribution in [0.5, 0.6) is 5.75 Å². The third kappa shape index (κ3) is 4.83. The Morgan fingerprint density at radius 1 is 1.36 bits per heavy atom. The molecule has 0 aliphatic heterocycles. The van der Waals surface area contributed by atoms with E-state index < -0.39 is 20.1 Å². The van der Waals surface area contributed by atoms with Crippen LogP contribution in [-0.2, 0) is 16.2 Å². The van der Waals surface area contributed by atoms with E-state index in [4.69, 9.17) is 19.7 Å². The minimum Gasteiger partial charge on any atom is -0.496 e. The number of hydrogen-bond donors (Lipinski definition) is 0. The molecule has 152 valence electrons. The summed E-state index contributed by atoms with van der Waals surface area (Å²) in [5.41, 5.74) is 10.3. The van der Waals surface area contributed by atoms with Gasteiger partial charge in [-0.3, -0.25) is 0 Å². The molecule has 0 aliphatic carbocycles. The van der Waals surface area contributed by atoms with Crippen LogP contribution in [0.2, 0.25) is 25.7 Å². The first kappa shape index (κ1) is 21.7. The van der Waals surface area contributed by atoms with E-state index in [1.807, 2.05) is 0 Å². The molecule has 0 amide bonds. The van der Waals surface area contributed by atoms with Gasteiger partial charge in [-0.15, -0.1) is 0 Å². The third-order valence-corrected chi connectivity index (χ3v) is 6.05. The first-order valence-corrected chi connectivity index (χ1v) is 12.7. The lowest BCUT2D eigenvalue weighted by Crippen LogP contribution is -2.22. The average Bonchev–Trinajstić information content (AvgIpc) is 3.02. The molecule has 1 atom stereocenters. The Hall–Kier alpha value is -2.55. The number of esters is 1. The van der Waals surface area contributed by atoms with E-state index in [1.165, 1.54) is 14.2 Å². The highest BCUT2D eigenvalue weighted by Gasteiger charge is 2.25. The van der Waals surface area contributed by atoms with E-state index in [1.54, 1.807) is 23.7 Å². The molecule has 0 fully saturated rings. The van der Waals surface area contributed by atoms with Gasteiger partial charge in [0.25, 0.3) is 0 Å². The number of fused-ring (bicyclic) bond motifs is 1. The van der Waals surface area contributed by atoms with Crippen LogP contribution < -0.4 is 4.74 Å². The van der Waals surface area contributed by atoms with E-state index in [0.717, 1.165) is 6.04 Å². The van der Waals surface area contributed by atoms with Gasteiger partial charge in [-0.05, 0) is 23.7 Å². The van der Waals surface area contributed by atoms with Crippen molar-refractivity contribution >= 4 is 24.9 Å². The quantitative estimate of drug-likeness (QED) is 0.152. The Kier molecular flexibility index (Phi) is 7.06. The maximum Gasteiger partial charge on any atom is 0.340 e. The number of methoxy groups -OCH3 is 2. The fourth-order valence-electron chi connectivity index (χ4n) is 2.86. The number of azide groups is 1. The Morgan fingerprint density at radius 2 is 2.07 bits per heavy atom. The van der Waals surface area contributed by atoms with E-state index in [2.05, 4.69) is 34.8 Å². The fraction of sp³-hybridized carbons (Fsp3) is 0.556. The van der Waals surface area contributed by atoms with Crippen LogP contribution in [0.4, 0.5) is 0 Å². The summed E-state index contributed by atoms with van der Waals surface area (Å²) in [6.07, 6.45) is 0. The van der Waals surface area contributed by atoms with Gasteiger partial charge < -0.3 is 14.2 Å². The van der Waals surface area contributed by atoms with Crippen molar-refractivity contribution in [3.05, 3.63) is 33.8 Å². The molecule has 2 aromatic rings. The number of rotatable bonds is 9. The largest absolute Gasteiger partial charge is 0.496 e. The van der Waals surface area contributed by atoms with Gasteiger partial charge in [0.05, 0.1) is 36.9 Å². The van der Waals surface area contributed by atoms with E-state index in [0.29, 0.717) is 34.5 Å². The molecule has 1 aromatic heterocycles. The van der Waals surface area contributed by atoms with Crippen LogP contribution >= 0.6 is 0 Å². The molecular formula is C18H27N5O4Si. The van der Waals surface area contributed by atoms with Crippen LogP contribution in [0.15, 0.2) is 17.2 Å². The van der Waals surface area contributed by atoms with Crippen molar-refractivity contribution in [2.75, 3.05) is 20.8 Å². The monoisotopic (exact) mass is 405 g/mol. The lowest BCUT2D eigenvalue weighted by molar-refractivity contribution is 0.0601. The predicted octanol–water partition coefficient (Wildman–Crippen LogP) is 4.52. The Morgan fingerprint density at radius 3 is 2.64 bits per heavy atom. The molecule has 1 aromatic carbocycles. The van der Waals surface area contributed by atoms with Crippen LogP contribution in [-0.4, -0.2) is 44.7 Å². The van der Waals surface area contributed by atoms with Gasteiger partial charge in [-0.1, -0.05) is 31.7 Å². The highest BCUT2D eigenvalue weighted by Crippen LogP contribution is 2.36. The van der Waals surface area contributed by atoms with Gasteiger partial charge in [0.15, 0.2) is 0 Å². The molecule has 28 heavy (non-hydrogen) atoms. The summed E-state index contributed by atoms with van der Waals surface area (Å²) in [4.78, 5) is 15.1. The molecule has 2 rings (SSSR count). The van der Waals surface area contributed by atoms with Crippen molar-refractivity contribution in [3.8, 4) is 5.75 Å². The van der Waals surface area contributed by atoms with Crippen LogP contribution in [0, 0.1) is 0 Å². The SMILES string of the molecule is COC(=O)c1ccc(OC)c2c(C(C)N=[N+]=[N-])n(COCC[Si](C)(C)C)nc12. The molecule has 10 heteroatoms. The number of carbonyl (C=O) groups is 1. The molecule has 0 N–H and O–H groups in total. The topological polar surface area (TPSA) is 111 Å². The molecule has 0 aliphatic rings. The summed E-state index contributed by atoms with van der Waals surface area (Å²) >= 11 is 0. The van der Waals surface area contributed by atoms with Crippen LogP contribution in [0.25, 0.3) is 21.3 Å². The number of aromatic nitrogens is 2. The van der Waals surface area contributed by atoms with Crippen molar-refractivity contribution in [2.24, 2.45) is 5.11 Å². The summed E-state index contributed by atoms with van der Waals surface area (Å²) in [7, 11) is 1.63. The summed E-state index contributed by atoms with van der Waals surface area (Å²) in [5.74, 6) is 0.0333. The third-order valence-electron chi connectivity index (χ3n) is 4.35. The Bertz CT molecular complexity index is 899. The van der Waals surface area contributed by atoms with Gasteiger partial charge in [-0.2, -0.15) is 5.10 Å². The van der Waals surface area contributed by atoms with Gasteiger partial charge in [0, 0.05) is 19.6 Å². The summed E-state index contributed by atoms with van der Waals surface area (Å²) in [6, 6.07) is 3.78. The average molecular weight is 406 g/mol. The lowest BCUT2D eigenvalue weighted by atomic mass is 10.1. The number of nitrogens with zero attached hydrogens (tertiary/aromatic N) is 5. The number of ether oxygens (including phenoxy) is 3. The molecule has 0 bridgehead atoms. The van der Waals surface area contributed by atoms with Crippen LogP contribution in [0.1, 0.15) is 29.0 Å². The highest BCUT2D eigenvalue weighted by atomic mass is 28.3. The van der Waals surface area contributed by atoms with Crippen molar-refractivity contribution < 1.29 is 19.0 Å². The fourth-order valence-corrected chi connectivity index (χ4v) is 3.61. The first-order valence-electron chi connectivity index (χ1n) is 9.01. The van der Waals surface area contributed by atoms with Crippen molar-refractivity contribution in [1.82, 2.24) is 9.78 Å². The molecule has 0 saturated heterocycles. The molecular weight excluding hydrogens is 378 g/mol. The molecule has 0 spiro atoms. The Labute approximate surface area is 165 Å². The van der Waals surface area contributed by atoms with E-state index in [-0.39, 0.29) is 6.73 Å². The maximum atomic E-state index is 12.2. The zero-order valence-electron chi connectivity index (χ0n) is 17.2. The summed E-state index contributed by atoms with van der Waals surface area (Å²) in [6.45, 7) is 9.40. The molecule has 1 unspecified atom stereocenters. The Balaban J connectivity index is 2.56. The van der Waals surface area contributed by atoms with E-state index in [9.17, 15) is 4.79 Å². The second kappa shape index (κ2) is 9.09. The minimum absolute atomic E-state index is 0.184. The molecule has 9 nitrogen and oxygen atoms in total. The lowest BCUT2D eigenvalue weighted by Gasteiger charge is -2.16. The molecule has 0 radical (unpaired) electrons. The summed E-state index contributed by atoms with van der Waals surface area (Å²) in [5, 5.41) is 8.99. The highest BCUT2D eigenvalue weighted by molar-refractivity contribution is 6.76. The van der Waals surface area contributed by atoms with Crippen molar-refractivity contribution in [3.63, 3.8) is 0 Å². The number of hydrogen-bond acceptors (Lipinski definition) is 6. The predicted molar refractivity (Wildman–Crippen MR) is 109 cm³/mol. The standard InChI is InChI=1S/C18H27N5O4Si/c1-12(20-22-19)17-15-14(25-2)8-7-13(18(24)26-3)16(15)21-23(17)11-27-9-10-28(4,5)6/h7-8,12H,9-11H2,1-6H3. The first-order chi connectivity index (χ1) is 13.2. The molecule has 1 heterocycles. The number of carbonyl (C=O) groups excluding carboxylic acids is 1. The second-order valence-corrected chi connectivity index (χ2v) is 13.3. The van der Waals surface area contributed by atoms with Gasteiger partial charge >= 0.3 is 5.97 Å². The number of benzene rings is 1. The summed E-state index contributed by atoms with van der Waals surface area (Å²) < 4.78 is 17.8. The normalized spacial score (nSPS) is 12.5. The van der Waals surface area contributed by atoms with E-state index >= 15 is 0 Å². The van der Waals surface area contributed by atoms with Gasteiger partial charge in [0.2, 0.25) is 0 Å². The van der Waals surface area contributed by atoms with Gasteiger partial charge in [0.1, 0.15) is 18.0 Å². The zero-order chi connectivity index (χ0) is 20.9. The second-order valence-electron chi connectivity index (χ2n) is 7.64. The van der Waals surface area contributed by atoms with Crippen LogP contribution in [0.3, 0.4) is 0 Å². The van der Waals surface area contributed by atoms with Gasteiger partial charge in [-0.25, -0.2) is 9.48 Å². The minimum atomic E-state index is -1.22.